The molecule has 0 aliphatic carbocycles. The summed E-state index contributed by atoms with van der Waals surface area (Å²) in [5.41, 5.74) is 5.22. The van der Waals surface area contributed by atoms with Crippen molar-refractivity contribution in [2.24, 2.45) is 5.73 Å². The minimum absolute atomic E-state index is 0.224. The third kappa shape index (κ3) is 29.0. The van der Waals surface area contributed by atoms with Crippen molar-refractivity contribution in [2.45, 2.75) is 161 Å². The Morgan fingerprint density at radius 2 is 1.07 bits per heavy atom. The van der Waals surface area contributed by atoms with Gasteiger partial charge in [-0.25, -0.2) is 4.57 Å². The molecule has 12 heteroatoms. The number of carbonyl (C=O) groups excluding carboxylic acids is 2. The van der Waals surface area contributed by atoms with Crippen molar-refractivity contribution < 1.29 is 47.5 Å². The first-order valence-electron chi connectivity index (χ1n) is 16.5. The standard InChI is InChI=1S/C31H60NO10P/c1-3-4-5-6-7-8-9-10-11-12-13-14-15-16-17-18-19-20-21-22-23-30(34)39-24-28(42-27(2)33)25-40-43(37,38)41-26-29(32)31(35)36/h28-29H,3-26,32H2,1-2H3,(H,35,36)(H,37,38)/t28-,29+/m1/s1. The van der Waals surface area contributed by atoms with Crippen molar-refractivity contribution in [1.29, 1.82) is 0 Å². The molecule has 0 aromatic heterocycles. The second-order valence-corrected chi connectivity index (χ2v) is 12.8. The first-order chi connectivity index (χ1) is 20.6. The van der Waals surface area contributed by atoms with Gasteiger partial charge in [0.2, 0.25) is 0 Å². The molecule has 1 unspecified atom stereocenters. The lowest BCUT2D eigenvalue weighted by Gasteiger charge is -2.19. The van der Waals surface area contributed by atoms with Crippen LogP contribution in [0.1, 0.15) is 149 Å². The summed E-state index contributed by atoms with van der Waals surface area (Å²) in [5, 5.41) is 8.70. The van der Waals surface area contributed by atoms with Crippen molar-refractivity contribution in [1.82, 2.24) is 0 Å². The van der Waals surface area contributed by atoms with E-state index in [2.05, 4.69) is 11.4 Å². The van der Waals surface area contributed by atoms with Crippen LogP contribution in [0.2, 0.25) is 0 Å². The number of nitrogens with two attached hydrogens (primary N) is 1. The van der Waals surface area contributed by atoms with E-state index in [4.69, 9.17) is 24.8 Å². The smallest absolute Gasteiger partial charge is 0.472 e. The molecule has 0 aromatic carbocycles. The molecule has 0 saturated heterocycles. The van der Waals surface area contributed by atoms with Crippen LogP contribution in [0, 0.1) is 0 Å². The Morgan fingerprint density at radius 3 is 1.47 bits per heavy atom. The van der Waals surface area contributed by atoms with Crippen LogP contribution in [-0.2, 0) is 37.5 Å². The summed E-state index contributed by atoms with van der Waals surface area (Å²) < 4.78 is 31.2. The van der Waals surface area contributed by atoms with Crippen LogP contribution in [0.5, 0.6) is 0 Å². The molecule has 0 saturated carbocycles. The van der Waals surface area contributed by atoms with Gasteiger partial charge in [-0.15, -0.1) is 0 Å². The zero-order valence-corrected chi connectivity index (χ0v) is 27.7. The number of phosphoric acid groups is 1. The molecule has 0 radical (unpaired) electrons. The minimum Gasteiger partial charge on any atom is -0.480 e. The fourth-order valence-corrected chi connectivity index (χ4v) is 5.37. The van der Waals surface area contributed by atoms with Crippen molar-refractivity contribution in [3.05, 3.63) is 0 Å². The fourth-order valence-electron chi connectivity index (χ4n) is 4.59. The van der Waals surface area contributed by atoms with Gasteiger partial charge < -0.3 is 25.2 Å². The highest BCUT2D eigenvalue weighted by atomic mass is 31.2. The van der Waals surface area contributed by atoms with Crippen LogP contribution in [0.15, 0.2) is 0 Å². The zero-order chi connectivity index (χ0) is 32.2. The van der Waals surface area contributed by atoms with Crippen LogP contribution in [-0.4, -0.2) is 59.9 Å². The molecule has 3 atom stereocenters. The average molecular weight is 638 g/mol. The quantitative estimate of drug-likeness (QED) is 0.0398. The molecule has 0 spiro atoms. The maximum atomic E-state index is 12.1. The Morgan fingerprint density at radius 1 is 0.674 bits per heavy atom. The molecular weight excluding hydrogens is 577 g/mol. The van der Waals surface area contributed by atoms with Gasteiger partial charge in [0.15, 0.2) is 6.10 Å². The number of ether oxygens (including phenoxy) is 2. The highest BCUT2D eigenvalue weighted by molar-refractivity contribution is 7.47. The molecule has 0 heterocycles. The van der Waals surface area contributed by atoms with Gasteiger partial charge in [0.1, 0.15) is 12.6 Å². The summed E-state index contributed by atoms with van der Waals surface area (Å²) in [5.74, 6) is -2.57. The normalized spacial score (nSPS) is 14.1. The molecule has 0 aliphatic heterocycles. The third-order valence-electron chi connectivity index (χ3n) is 7.16. The van der Waals surface area contributed by atoms with Gasteiger partial charge in [0, 0.05) is 13.3 Å². The lowest BCUT2D eigenvalue weighted by molar-refractivity contribution is -0.159. The summed E-state index contributed by atoms with van der Waals surface area (Å²) in [6.07, 6.45) is 24.7. The molecule has 0 aromatic rings. The molecule has 0 rings (SSSR count). The molecular formula is C31H60NO10P. The number of carbonyl (C=O) groups is 3. The van der Waals surface area contributed by atoms with Crippen molar-refractivity contribution >= 4 is 25.7 Å². The summed E-state index contributed by atoms with van der Waals surface area (Å²) in [7, 11) is -4.66. The van der Waals surface area contributed by atoms with Gasteiger partial charge in [-0.3, -0.25) is 23.4 Å². The van der Waals surface area contributed by atoms with Crippen molar-refractivity contribution in [2.75, 3.05) is 19.8 Å². The van der Waals surface area contributed by atoms with Crippen LogP contribution in [0.4, 0.5) is 0 Å². The number of hydrogen-bond donors (Lipinski definition) is 3. The second-order valence-electron chi connectivity index (χ2n) is 11.4. The van der Waals surface area contributed by atoms with Crippen LogP contribution < -0.4 is 5.73 Å². The number of phosphoric ester groups is 1. The highest BCUT2D eigenvalue weighted by Crippen LogP contribution is 2.43. The van der Waals surface area contributed by atoms with Crippen LogP contribution in [0.3, 0.4) is 0 Å². The van der Waals surface area contributed by atoms with E-state index >= 15 is 0 Å². The summed E-state index contributed by atoms with van der Waals surface area (Å²) in [6, 6.07) is -1.51. The summed E-state index contributed by atoms with van der Waals surface area (Å²) in [6.45, 7) is 1.69. The zero-order valence-electron chi connectivity index (χ0n) is 26.8. The number of esters is 2. The van der Waals surface area contributed by atoms with Gasteiger partial charge in [0.25, 0.3) is 0 Å². The Kier molecular flexibility index (Phi) is 27.0. The van der Waals surface area contributed by atoms with E-state index in [9.17, 15) is 23.8 Å². The van der Waals surface area contributed by atoms with Crippen LogP contribution in [0.25, 0.3) is 0 Å². The fraction of sp³-hybridized carbons (Fsp3) is 0.903. The van der Waals surface area contributed by atoms with Gasteiger partial charge in [-0.05, 0) is 6.42 Å². The lowest BCUT2D eigenvalue weighted by Crippen LogP contribution is -2.34. The SMILES string of the molecule is CCCCCCCCCCCCCCCCCCCCCCC(=O)OC[C@H](COP(=O)(O)OC[C@H](N)C(=O)O)OC(C)=O. The van der Waals surface area contributed by atoms with Gasteiger partial charge in [-0.1, -0.05) is 129 Å². The predicted molar refractivity (Wildman–Crippen MR) is 166 cm³/mol. The van der Waals surface area contributed by atoms with E-state index in [0.717, 1.165) is 26.2 Å². The Hall–Kier alpha value is -1.52. The molecule has 254 valence electrons. The number of carboxylic acids is 1. The number of carboxylic acid groups (broad SMARTS) is 1. The average Bonchev–Trinajstić information content (AvgIpc) is 2.96. The molecule has 43 heavy (non-hydrogen) atoms. The molecule has 0 aliphatic rings. The number of aliphatic carboxylic acids is 1. The van der Waals surface area contributed by atoms with Crippen LogP contribution >= 0.6 is 7.82 Å². The molecule has 0 fully saturated rings. The van der Waals surface area contributed by atoms with E-state index in [-0.39, 0.29) is 13.0 Å². The van der Waals surface area contributed by atoms with Gasteiger partial charge in [0.05, 0.1) is 13.2 Å². The molecule has 0 bridgehead atoms. The number of rotatable bonds is 31. The summed E-state index contributed by atoms with van der Waals surface area (Å²) >= 11 is 0. The lowest BCUT2D eigenvalue weighted by atomic mass is 10.0. The first kappa shape index (κ1) is 41.5. The molecule has 0 amide bonds. The first-order valence-corrected chi connectivity index (χ1v) is 18.0. The monoisotopic (exact) mass is 637 g/mol. The minimum atomic E-state index is -4.66. The second kappa shape index (κ2) is 28.0. The summed E-state index contributed by atoms with van der Waals surface area (Å²) in [4.78, 5) is 43.7. The van der Waals surface area contributed by atoms with E-state index in [1.807, 2.05) is 0 Å². The van der Waals surface area contributed by atoms with E-state index in [1.165, 1.54) is 103 Å². The van der Waals surface area contributed by atoms with Crippen molar-refractivity contribution in [3.63, 3.8) is 0 Å². The Bertz CT molecular complexity index is 767. The highest BCUT2D eigenvalue weighted by Gasteiger charge is 2.27. The third-order valence-corrected chi connectivity index (χ3v) is 8.11. The molecule has 11 nitrogen and oxygen atoms in total. The maximum Gasteiger partial charge on any atom is 0.472 e. The maximum absolute atomic E-state index is 12.1. The van der Waals surface area contributed by atoms with Crippen molar-refractivity contribution in [3.8, 4) is 0 Å². The predicted octanol–water partition coefficient (Wildman–Crippen LogP) is 7.22. The number of hydrogen-bond acceptors (Lipinski definition) is 9. The molecule has 4 N–H and O–H groups in total. The van der Waals surface area contributed by atoms with Gasteiger partial charge >= 0.3 is 25.7 Å². The largest absolute Gasteiger partial charge is 0.480 e. The number of unbranched alkanes of at least 4 members (excludes halogenated alkanes) is 19. The Labute approximate surface area is 259 Å². The topological polar surface area (TPSA) is 172 Å². The van der Waals surface area contributed by atoms with E-state index in [1.54, 1.807) is 0 Å². The van der Waals surface area contributed by atoms with Gasteiger partial charge in [-0.2, -0.15) is 0 Å². The van der Waals surface area contributed by atoms with E-state index < -0.39 is 51.1 Å². The van der Waals surface area contributed by atoms with E-state index in [0.29, 0.717) is 6.42 Å². The Balaban J connectivity index is 3.73.